The third kappa shape index (κ3) is 6.27. The molecule has 2 aromatic rings. The SMILES string of the molecule is CC(C)C[C@H](NC(=O)[C@@H](Cc1ccccc1)C(=O)c1cnccn1)B(O)O. The van der Waals surface area contributed by atoms with Gasteiger partial charge in [-0.2, -0.15) is 0 Å². The first-order valence-electron chi connectivity index (χ1n) is 8.89. The Hall–Kier alpha value is -2.58. The quantitative estimate of drug-likeness (QED) is 0.346. The zero-order valence-corrected chi connectivity index (χ0v) is 15.4. The summed E-state index contributed by atoms with van der Waals surface area (Å²) < 4.78 is 0. The predicted molar refractivity (Wildman–Crippen MR) is 102 cm³/mol. The number of nitrogens with zero attached hydrogens (tertiary/aromatic N) is 2. The maximum atomic E-state index is 12.9. The zero-order valence-electron chi connectivity index (χ0n) is 15.4. The second kappa shape index (κ2) is 9.94. The lowest BCUT2D eigenvalue weighted by Gasteiger charge is -2.23. The zero-order chi connectivity index (χ0) is 19.8. The van der Waals surface area contributed by atoms with Gasteiger partial charge in [-0.25, -0.2) is 4.98 Å². The van der Waals surface area contributed by atoms with Crippen molar-refractivity contribution in [2.75, 3.05) is 0 Å². The molecule has 1 amide bonds. The Balaban J connectivity index is 2.25. The van der Waals surface area contributed by atoms with Crippen molar-refractivity contribution in [3.05, 3.63) is 60.2 Å². The van der Waals surface area contributed by atoms with Gasteiger partial charge >= 0.3 is 7.12 Å². The summed E-state index contributed by atoms with van der Waals surface area (Å²) in [6.45, 7) is 3.82. The van der Waals surface area contributed by atoms with Crippen LogP contribution in [0.4, 0.5) is 0 Å². The summed E-state index contributed by atoms with van der Waals surface area (Å²) in [6.07, 6.45) is 4.71. The van der Waals surface area contributed by atoms with Gasteiger partial charge in [-0.05, 0) is 24.3 Å². The van der Waals surface area contributed by atoms with Crippen molar-refractivity contribution in [1.29, 1.82) is 0 Å². The second-order valence-corrected chi connectivity index (χ2v) is 6.86. The molecule has 0 aliphatic carbocycles. The van der Waals surface area contributed by atoms with Crippen LogP contribution in [0.2, 0.25) is 0 Å². The van der Waals surface area contributed by atoms with Crippen molar-refractivity contribution in [2.45, 2.75) is 32.6 Å². The number of hydrogen-bond acceptors (Lipinski definition) is 6. The molecule has 0 bridgehead atoms. The minimum absolute atomic E-state index is 0.0959. The first-order valence-corrected chi connectivity index (χ1v) is 8.89. The molecule has 8 heteroatoms. The van der Waals surface area contributed by atoms with E-state index in [2.05, 4.69) is 15.3 Å². The van der Waals surface area contributed by atoms with Gasteiger partial charge in [-0.15, -0.1) is 0 Å². The van der Waals surface area contributed by atoms with Gasteiger partial charge in [-0.3, -0.25) is 14.6 Å². The number of aromatic nitrogens is 2. The Kier molecular flexibility index (Phi) is 7.63. The first-order chi connectivity index (χ1) is 12.9. The molecule has 0 aliphatic rings. The number of benzene rings is 1. The standard InChI is InChI=1S/C19H24BN3O4/c1-13(2)10-17(20(26)27)23-19(25)15(11-14-6-4-3-5-7-14)18(24)16-12-21-8-9-22-16/h3-9,12-13,15,17,26-27H,10-11H2,1-2H3,(H,23,25)/t15-,17-/m0/s1. The van der Waals surface area contributed by atoms with E-state index in [-0.39, 0.29) is 18.0 Å². The summed E-state index contributed by atoms with van der Waals surface area (Å²) in [4.78, 5) is 33.6. The third-order valence-electron chi connectivity index (χ3n) is 4.14. The number of rotatable bonds is 9. The molecule has 0 aliphatic heterocycles. The fraction of sp³-hybridized carbons (Fsp3) is 0.368. The summed E-state index contributed by atoms with van der Waals surface area (Å²) in [6, 6.07) is 9.17. The van der Waals surface area contributed by atoms with Crippen LogP contribution in [0.15, 0.2) is 48.9 Å². The van der Waals surface area contributed by atoms with Crippen LogP contribution in [0.1, 0.15) is 36.3 Å². The maximum Gasteiger partial charge on any atom is 0.475 e. The third-order valence-corrected chi connectivity index (χ3v) is 4.14. The Bertz CT molecular complexity index is 741. The van der Waals surface area contributed by atoms with Gasteiger partial charge in [-0.1, -0.05) is 44.2 Å². The molecule has 0 spiro atoms. The number of carbonyl (C=O) groups excluding carboxylic acids is 2. The van der Waals surface area contributed by atoms with Crippen molar-refractivity contribution < 1.29 is 19.6 Å². The van der Waals surface area contributed by atoms with E-state index in [9.17, 15) is 19.6 Å². The van der Waals surface area contributed by atoms with E-state index in [0.717, 1.165) is 5.56 Å². The summed E-state index contributed by atoms with van der Waals surface area (Å²) in [7, 11) is -1.71. The topological polar surface area (TPSA) is 112 Å². The highest BCUT2D eigenvalue weighted by Crippen LogP contribution is 2.15. The lowest BCUT2D eigenvalue weighted by Crippen LogP contribution is -2.50. The minimum atomic E-state index is -1.71. The van der Waals surface area contributed by atoms with Crippen molar-refractivity contribution in [1.82, 2.24) is 15.3 Å². The lowest BCUT2D eigenvalue weighted by molar-refractivity contribution is -0.124. The average molecular weight is 369 g/mol. The Morgan fingerprint density at radius 1 is 1.15 bits per heavy atom. The number of ketones is 1. The van der Waals surface area contributed by atoms with Gasteiger partial charge in [0.15, 0.2) is 5.78 Å². The molecule has 1 heterocycles. The molecular weight excluding hydrogens is 345 g/mol. The molecule has 0 saturated heterocycles. The smallest absolute Gasteiger partial charge is 0.426 e. The van der Waals surface area contributed by atoms with Gasteiger partial charge in [0.2, 0.25) is 5.91 Å². The molecule has 2 atom stereocenters. The van der Waals surface area contributed by atoms with Crippen LogP contribution in [0, 0.1) is 11.8 Å². The van der Waals surface area contributed by atoms with Crippen LogP contribution in [0.25, 0.3) is 0 Å². The monoisotopic (exact) mass is 369 g/mol. The number of carbonyl (C=O) groups is 2. The number of nitrogens with one attached hydrogen (secondary N) is 1. The fourth-order valence-corrected chi connectivity index (χ4v) is 2.81. The van der Waals surface area contributed by atoms with E-state index >= 15 is 0 Å². The first kappa shape index (κ1) is 20.7. The highest BCUT2D eigenvalue weighted by atomic mass is 16.4. The van der Waals surface area contributed by atoms with E-state index in [1.54, 1.807) is 0 Å². The highest BCUT2D eigenvalue weighted by Gasteiger charge is 2.33. The van der Waals surface area contributed by atoms with E-state index in [1.165, 1.54) is 18.6 Å². The minimum Gasteiger partial charge on any atom is -0.426 e. The van der Waals surface area contributed by atoms with Crippen LogP contribution >= 0.6 is 0 Å². The number of hydrogen-bond donors (Lipinski definition) is 3. The molecular formula is C19H24BN3O4. The van der Waals surface area contributed by atoms with Crippen molar-refractivity contribution in [3.8, 4) is 0 Å². The van der Waals surface area contributed by atoms with Crippen LogP contribution in [0.3, 0.4) is 0 Å². The Morgan fingerprint density at radius 3 is 2.41 bits per heavy atom. The summed E-state index contributed by atoms with van der Waals surface area (Å²) in [5.74, 6) is -2.78. The molecule has 142 valence electrons. The van der Waals surface area contributed by atoms with Gasteiger partial charge in [0.1, 0.15) is 11.6 Å². The molecule has 3 N–H and O–H groups in total. The van der Waals surface area contributed by atoms with E-state index in [0.29, 0.717) is 6.42 Å². The molecule has 1 aromatic heterocycles. The van der Waals surface area contributed by atoms with Gasteiger partial charge in [0.25, 0.3) is 0 Å². The van der Waals surface area contributed by atoms with Crippen LogP contribution in [0.5, 0.6) is 0 Å². The summed E-state index contributed by atoms with van der Waals surface area (Å²) in [5.41, 5.74) is 0.915. The Labute approximate surface area is 159 Å². The molecule has 27 heavy (non-hydrogen) atoms. The normalized spacial score (nSPS) is 13.1. The van der Waals surface area contributed by atoms with Gasteiger partial charge in [0.05, 0.1) is 12.1 Å². The molecule has 0 unspecified atom stereocenters. The highest BCUT2D eigenvalue weighted by molar-refractivity contribution is 6.43. The molecule has 0 fully saturated rings. The van der Waals surface area contributed by atoms with Crippen LogP contribution in [-0.2, 0) is 11.2 Å². The molecule has 0 radical (unpaired) electrons. The van der Waals surface area contributed by atoms with Crippen LogP contribution < -0.4 is 5.32 Å². The number of amides is 1. The van der Waals surface area contributed by atoms with Gasteiger partial charge < -0.3 is 15.4 Å². The van der Waals surface area contributed by atoms with Crippen molar-refractivity contribution >= 4 is 18.8 Å². The summed E-state index contributed by atoms with van der Waals surface area (Å²) in [5, 5.41) is 21.8. The van der Waals surface area contributed by atoms with Crippen molar-refractivity contribution in [3.63, 3.8) is 0 Å². The molecule has 7 nitrogen and oxygen atoms in total. The maximum absolute atomic E-state index is 12.9. The van der Waals surface area contributed by atoms with E-state index < -0.39 is 30.7 Å². The van der Waals surface area contributed by atoms with Gasteiger partial charge in [0, 0.05) is 12.4 Å². The van der Waals surface area contributed by atoms with Crippen molar-refractivity contribution in [2.24, 2.45) is 11.8 Å². The largest absolute Gasteiger partial charge is 0.475 e. The van der Waals surface area contributed by atoms with E-state index in [4.69, 9.17) is 0 Å². The average Bonchev–Trinajstić information content (AvgIpc) is 2.66. The predicted octanol–water partition coefficient (Wildman–Crippen LogP) is 1.06. The van der Waals surface area contributed by atoms with Crippen LogP contribution in [-0.4, -0.2) is 44.8 Å². The molecule has 1 aromatic carbocycles. The molecule has 0 saturated carbocycles. The Morgan fingerprint density at radius 2 is 1.85 bits per heavy atom. The van der Waals surface area contributed by atoms with E-state index in [1.807, 2.05) is 44.2 Å². The fourth-order valence-electron chi connectivity index (χ4n) is 2.81. The molecule has 2 rings (SSSR count). The summed E-state index contributed by atoms with van der Waals surface area (Å²) >= 11 is 0. The number of Topliss-reactive ketones (excluding diaryl/α,β-unsaturated/α-hetero) is 1. The lowest BCUT2D eigenvalue weighted by atomic mass is 9.74. The second-order valence-electron chi connectivity index (χ2n) is 6.86.